The molecular weight excluding hydrogens is 164 g/mol. The molecule has 1 aliphatic carbocycles. The van der Waals surface area contributed by atoms with Gasteiger partial charge in [0.1, 0.15) is 0 Å². The van der Waals surface area contributed by atoms with Gasteiger partial charge in [-0.25, -0.2) is 13.1 Å². The summed E-state index contributed by atoms with van der Waals surface area (Å²) in [6.07, 6.45) is 2.35. The molecule has 11 heavy (non-hydrogen) atoms. The van der Waals surface area contributed by atoms with Gasteiger partial charge >= 0.3 is 0 Å². The third kappa shape index (κ3) is 2.76. The van der Waals surface area contributed by atoms with Gasteiger partial charge in [-0.15, -0.1) is 0 Å². The SMILES string of the molecule is NCCCNS(=O)(=O)C1CC1. The molecule has 0 aromatic rings. The molecule has 5 heteroatoms. The molecule has 1 saturated carbocycles. The van der Waals surface area contributed by atoms with Gasteiger partial charge in [0.2, 0.25) is 10.0 Å². The van der Waals surface area contributed by atoms with Crippen molar-refractivity contribution in [1.82, 2.24) is 4.72 Å². The molecule has 1 fully saturated rings. The van der Waals surface area contributed by atoms with Crippen molar-refractivity contribution >= 4 is 10.0 Å². The van der Waals surface area contributed by atoms with Crippen LogP contribution < -0.4 is 10.5 Å². The molecule has 0 aliphatic heterocycles. The Hall–Kier alpha value is -0.130. The summed E-state index contributed by atoms with van der Waals surface area (Å²) in [7, 11) is -2.96. The standard InChI is InChI=1S/C6H14N2O2S/c7-4-1-5-8-11(9,10)6-2-3-6/h6,8H,1-5,7H2. The first-order chi connectivity index (χ1) is 5.17. The van der Waals surface area contributed by atoms with Crippen LogP contribution >= 0.6 is 0 Å². The largest absolute Gasteiger partial charge is 0.330 e. The zero-order chi connectivity index (χ0) is 8.32. The Morgan fingerprint density at radius 2 is 2.09 bits per heavy atom. The molecule has 0 aromatic carbocycles. The molecule has 66 valence electrons. The fraction of sp³-hybridized carbons (Fsp3) is 1.00. The van der Waals surface area contributed by atoms with E-state index in [1.807, 2.05) is 0 Å². The van der Waals surface area contributed by atoms with E-state index in [1.54, 1.807) is 0 Å². The van der Waals surface area contributed by atoms with Crippen LogP contribution in [0.4, 0.5) is 0 Å². The summed E-state index contributed by atoms with van der Waals surface area (Å²) in [6.45, 7) is 1.02. The van der Waals surface area contributed by atoms with Gasteiger partial charge in [0.15, 0.2) is 0 Å². The van der Waals surface area contributed by atoms with E-state index in [1.165, 1.54) is 0 Å². The Morgan fingerprint density at radius 1 is 1.45 bits per heavy atom. The molecule has 0 radical (unpaired) electrons. The molecule has 0 unspecified atom stereocenters. The first kappa shape index (κ1) is 8.96. The van der Waals surface area contributed by atoms with Crippen LogP contribution in [0.25, 0.3) is 0 Å². The third-order valence-electron chi connectivity index (χ3n) is 1.65. The second kappa shape index (κ2) is 3.51. The highest BCUT2D eigenvalue weighted by atomic mass is 32.2. The van der Waals surface area contributed by atoms with Crippen molar-refractivity contribution < 1.29 is 8.42 Å². The lowest BCUT2D eigenvalue weighted by molar-refractivity contribution is 0.578. The molecule has 0 atom stereocenters. The van der Waals surface area contributed by atoms with Crippen molar-refractivity contribution in [3.05, 3.63) is 0 Å². The maximum absolute atomic E-state index is 11.1. The number of rotatable bonds is 5. The minimum absolute atomic E-state index is 0.111. The van der Waals surface area contributed by atoms with Crippen LogP contribution in [0.15, 0.2) is 0 Å². The number of sulfonamides is 1. The van der Waals surface area contributed by atoms with E-state index < -0.39 is 10.0 Å². The highest BCUT2D eigenvalue weighted by Gasteiger charge is 2.34. The quantitative estimate of drug-likeness (QED) is 0.553. The molecule has 0 spiro atoms. The summed E-state index contributed by atoms with van der Waals surface area (Å²) < 4.78 is 24.7. The number of hydrogen-bond acceptors (Lipinski definition) is 3. The molecule has 1 aliphatic rings. The average Bonchev–Trinajstić information content (AvgIpc) is 2.68. The van der Waals surface area contributed by atoms with Gasteiger partial charge in [0, 0.05) is 6.54 Å². The van der Waals surface area contributed by atoms with Gasteiger partial charge in [-0.3, -0.25) is 0 Å². The van der Waals surface area contributed by atoms with E-state index in [9.17, 15) is 8.42 Å². The maximum atomic E-state index is 11.1. The lowest BCUT2D eigenvalue weighted by Crippen LogP contribution is -2.29. The van der Waals surface area contributed by atoms with Crippen LogP contribution in [0.2, 0.25) is 0 Å². The van der Waals surface area contributed by atoms with Crippen LogP contribution in [0.3, 0.4) is 0 Å². The highest BCUT2D eigenvalue weighted by molar-refractivity contribution is 7.90. The Balaban J connectivity index is 2.23. The number of nitrogens with two attached hydrogens (primary N) is 1. The monoisotopic (exact) mass is 178 g/mol. The number of hydrogen-bond donors (Lipinski definition) is 2. The van der Waals surface area contributed by atoms with Crippen molar-refractivity contribution in [3.63, 3.8) is 0 Å². The molecule has 0 saturated heterocycles. The van der Waals surface area contributed by atoms with Crippen LogP contribution in [-0.4, -0.2) is 26.8 Å². The molecular formula is C6H14N2O2S. The fourth-order valence-corrected chi connectivity index (χ4v) is 2.23. The predicted octanol–water partition coefficient (Wildman–Crippen LogP) is -0.583. The highest BCUT2D eigenvalue weighted by Crippen LogP contribution is 2.27. The lowest BCUT2D eigenvalue weighted by Gasteiger charge is -2.02. The zero-order valence-corrected chi connectivity index (χ0v) is 7.23. The summed E-state index contributed by atoms with van der Waals surface area (Å²) in [5.74, 6) is 0. The van der Waals surface area contributed by atoms with Gasteiger partial charge in [-0.2, -0.15) is 0 Å². The smallest absolute Gasteiger partial charge is 0.214 e. The topological polar surface area (TPSA) is 72.2 Å². The predicted molar refractivity (Wildman–Crippen MR) is 43.6 cm³/mol. The van der Waals surface area contributed by atoms with Gasteiger partial charge < -0.3 is 5.73 Å². The van der Waals surface area contributed by atoms with Gasteiger partial charge in [0.05, 0.1) is 5.25 Å². The maximum Gasteiger partial charge on any atom is 0.214 e. The average molecular weight is 178 g/mol. The van der Waals surface area contributed by atoms with Gasteiger partial charge in [0.25, 0.3) is 0 Å². The lowest BCUT2D eigenvalue weighted by atomic mass is 10.4. The van der Waals surface area contributed by atoms with E-state index in [0.29, 0.717) is 19.5 Å². The minimum atomic E-state index is -2.96. The molecule has 0 heterocycles. The van der Waals surface area contributed by atoms with Crippen LogP contribution in [0.1, 0.15) is 19.3 Å². The van der Waals surface area contributed by atoms with E-state index >= 15 is 0 Å². The second-order valence-corrected chi connectivity index (χ2v) is 4.83. The van der Waals surface area contributed by atoms with Crippen LogP contribution in [-0.2, 0) is 10.0 Å². The Bertz CT molecular complexity index is 209. The van der Waals surface area contributed by atoms with E-state index in [4.69, 9.17) is 5.73 Å². The molecule has 4 nitrogen and oxygen atoms in total. The molecule has 0 amide bonds. The first-order valence-corrected chi connectivity index (χ1v) is 5.40. The minimum Gasteiger partial charge on any atom is -0.330 e. The van der Waals surface area contributed by atoms with Crippen LogP contribution in [0.5, 0.6) is 0 Å². The summed E-state index contributed by atoms with van der Waals surface area (Å²) in [6, 6.07) is 0. The summed E-state index contributed by atoms with van der Waals surface area (Å²) in [5, 5.41) is -0.111. The molecule has 3 N–H and O–H groups in total. The van der Waals surface area contributed by atoms with Crippen molar-refractivity contribution in [2.45, 2.75) is 24.5 Å². The zero-order valence-electron chi connectivity index (χ0n) is 6.41. The number of nitrogens with one attached hydrogen (secondary N) is 1. The summed E-state index contributed by atoms with van der Waals surface area (Å²) >= 11 is 0. The van der Waals surface area contributed by atoms with E-state index in [0.717, 1.165) is 12.8 Å². The van der Waals surface area contributed by atoms with E-state index in [2.05, 4.69) is 4.72 Å². The fourth-order valence-electron chi connectivity index (χ4n) is 0.813. The van der Waals surface area contributed by atoms with Crippen molar-refractivity contribution in [3.8, 4) is 0 Å². The normalized spacial score (nSPS) is 18.6. The van der Waals surface area contributed by atoms with Gasteiger partial charge in [-0.05, 0) is 25.8 Å². The summed E-state index contributed by atoms with van der Waals surface area (Å²) in [5.41, 5.74) is 5.21. The van der Waals surface area contributed by atoms with Crippen molar-refractivity contribution in [2.75, 3.05) is 13.1 Å². The first-order valence-electron chi connectivity index (χ1n) is 3.85. The van der Waals surface area contributed by atoms with Crippen molar-refractivity contribution in [2.24, 2.45) is 5.73 Å². The Labute approximate surface area is 67.2 Å². The van der Waals surface area contributed by atoms with Crippen molar-refractivity contribution in [1.29, 1.82) is 0 Å². The Morgan fingerprint density at radius 3 is 2.55 bits per heavy atom. The second-order valence-electron chi connectivity index (χ2n) is 2.78. The summed E-state index contributed by atoms with van der Waals surface area (Å²) in [4.78, 5) is 0. The van der Waals surface area contributed by atoms with Crippen LogP contribution in [0, 0.1) is 0 Å². The molecule has 0 aromatic heterocycles. The van der Waals surface area contributed by atoms with E-state index in [-0.39, 0.29) is 5.25 Å². The molecule has 1 rings (SSSR count). The molecule has 0 bridgehead atoms. The third-order valence-corrected chi connectivity index (χ3v) is 3.60. The van der Waals surface area contributed by atoms with Gasteiger partial charge in [-0.1, -0.05) is 0 Å². The Kier molecular flexibility index (Phi) is 2.86.